The van der Waals surface area contributed by atoms with Gasteiger partial charge in [0.2, 0.25) is 11.8 Å². The average molecular weight is 377 g/mol. The van der Waals surface area contributed by atoms with Crippen LogP contribution < -0.4 is 10.5 Å². The maximum atomic E-state index is 14.7. The summed E-state index contributed by atoms with van der Waals surface area (Å²) in [6.07, 6.45) is -1.48. The number of aromatic nitrogens is 6. The van der Waals surface area contributed by atoms with Crippen LogP contribution in [-0.2, 0) is 0 Å². The highest BCUT2D eigenvalue weighted by Crippen LogP contribution is 2.35. The molecule has 0 radical (unpaired) electrons. The summed E-state index contributed by atoms with van der Waals surface area (Å²) in [5.41, 5.74) is 7.22. The number of methoxy groups -OCH3 is 1. The number of ether oxygens (including phenoxy) is 1. The summed E-state index contributed by atoms with van der Waals surface area (Å²) >= 11 is 0. The van der Waals surface area contributed by atoms with Crippen LogP contribution in [0.1, 0.15) is 13.0 Å². The predicted octanol–water partition coefficient (Wildman–Crippen LogP) is 2.70. The Labute approximate surface area is 150 Å². The number of anilines is 1. The van der Waals surface area contributed by atoms with Gasteiger partial charge < -0.3 is 10.5 Å². The second kappa shape index (κ2) is 6.11. The maximum absolute atomic E-state index is 14.7. The maximum Gasteiger partial charge on any atom is 0.260 e. The van der Waals surface area contributed by atoms with E-state index in [9.17, 15) is 13.2 Å². The van der Waals surface area contributed by atoms with E-state index in [4.69, 9.17) is 10.5 Å². The third kappa shape index (κ3) is 2.62. The van der Waals surface area contributed by atoms with Crippen LogP contribution in [0.3, 0.4) is 0 Å². The van der Waals surface area contributed by atoms with E-state index in [2.05, 4.69) is 20.4 Å². The van der Waals surface area contributed by atoms with E-state index in [1.54, 1.807) is 18.2 Å². The van der Waals surface area contributed by atoms with Crippen molar-refractivity contribution in [1.82, 2.24) is 29.6 Å². The molecule has 0 unspecified atom stereocenters. The molecule has 0 aliphatic heterocycles. The minimum absolute atomic E-state index is 0.0793. The zero-order valence-electron chi connectivity index (χ0n) is 14.3. The molecule has 27 heavy (non-hydrogen) atoms. The Morgan fingerprint density at radius 3 is 2.74 bits per heavy atom. The normalized spacial score (nSPS) is 13.0. The number of hydrogen-bond donors (Lipinski definition) is 1. The van der Waals surface area contributed by atoms with Gasteiger partial charge in [-0.15, -0.1) is 10.2 Å². The van der Waals surface area contributed by atoms with E-state index < -0.39 is 18.3 Å². The lowest BCUT2D eigenvalue weighted by Crippen LogP contribution is -2.15. The second-order valence-corrected chi connectivity index (χ2v) is 5.94. The lowest BCUT2D eigenvalue weighted by Gasteiger charge is -2.11. The molecule has 2 N–H and O–H groups in total. The van der Waals surface area contributed by atoms with Crippen molar-refractivity contribution in [3.05, 3.63) is 30.2 Å². The molecule has 0 saturated heterocycles. The largest absolute Gasteiger partial charge is 0.479 e. The molecule has 140 valence electrons. The van der Waals surface area contributed by atoms with Crippen molar-refractivity contribution in [3.8, 4) is 17.0 Å². The Morgan fingerprint density at radius 1 is 1.26 bits per heavy atom. The van der Waals surface area contributed by atoms with Gasteiger partial charge in [0.15, 0.2) is 5.82 Å². The highest BCUT2D eigenvalue weighted by atomic mass is 19.3. The Balaban J connectivity index is 1.97. The fraction of sp³-hybridized carbons (Fsp3) is 0.250. The summed E-state index contributed by atoms with van der Waals surface area (Å²) in [6.45, 7) is 1.33. The number of halogens is 3. The molecule has 0 saturated carbocycles. The molecule has 8 nitrogen and oxygen atoms in total. The van der Waals surface area contributed by atoms with Crippen molar-refractivity contribution < 1.29 is 17.9 Å². The molecule has 3 aromatic heterocycles. The summed E-state index contributed by atoms with van der Waals surface area (Å²) < 4.78 is 48.5. The third-order valence-corrected chi connectivity index (χ3v) is 4.27. The van der Waals surface area contributed by atoms with E-state index in [-0.39, 0.29) is 22.9 Å². The highest BCUT2D eigenvalue weighted by molar-refractivity contribution is 5.89. The first-order chi connectivity index (χ1) is 12.9. The first-order valence-corrected chi connectivity index (χ1v) is 7.92. The molecule has 11 heteroatoms. The Kier molecular flexibility index (Phi) is 3.86. The van der Waals surface area contributed by atoms with Crippen molar-refractivity contribution in [2.45, 2.75) is 19.4 Å². The van der Waals surface area contributed by atoms with Crippen LogP contribution in [-0.4, -0.2) is 43.1 Å². The van der Waals surface area contributed by atoms with E-state index in [1.165, 1.54) is 18.5 Å². The van der Waals surface area contributed by atoms with Crippen LogP contribution in [0.5, 0.6) is 5.88 Å². The van der Waals surface area contributed by atoms with Crippen molar-refractivity contribution in [3.63, 3.8) is 0 Å². The molecular weight excluding hydrogens is 363 g/mol. The Morgan fingerprint density at radius 2 is 2.04 bits per heavy atom. The van der Waals surface area contributed by atoms with Crippen LogP contribution in [0.15, 0.2) is 24.4 Å². The van der Waals surface area contributed by atoms with Gasteiger partial charge in [-0.25, -0.2) is 22.4 Å². The lowest BCUT2D eigenvalue weighted by atomic mass is 10.1. The van der Waals surface area contributed by atoms with Crippen molar-refractivity contribution in [2.24, 2.45) is 0 Å². The molecule has 0 amide bonds. The summed E-state index contributed by atoms with van der Waals surface area (Å²) in [5.74, 6) is -0.577. The average Bonchev–Trinajstić information content (AvgIpc) is 3.19. The number of rotatable bonds is 4. The van der Waals surface area contributed by atoms with Crippen LogP contribution in [0.25, 0.3) is 27.7 Å². The van der Waals surface area contributed by atoms with Crippen molar-refractivity contribution in [2.75, 3.05) is 12.8 Å². The topological polar surface area (TPSA) is 96.2 Å². The van der Waals surface area contributed by atoms with Crippen LogP contribution in [0.4, 0.5) is 19.1 Å². The molecule has 3 heterocycles. The van der Waals surface area contributed by atoms with Crippen LogP contribution in [0, 0.1) is 5.82 Å². The first kappa shape index (κ1) is 17.1. The van der Waals surface area contributed by atoms with E-state index in [0.717, 1.165) is 10.9 Å². The number of hydrogen-bond acceptors (Lipinski definition) is 6. The quantitative estimate of drug-likeness (QED) is 0.587. The van der Waals surface area contributed by atoms with Gasteiger partial charge in [-0.1, -0.05) is 11.3 Å². The number of fused-ring (bicyclic) bond motifs is 2. The molecule has 4 aromatic rings. The Hall–Kier alpha value is -3.37. The van der Waals surface area contributed by atoms with Gasteiger partial charge in [-0.3, -0.25) is 0 Å². The summed E-state index contributed by atoms with van der Waals surface area (Å²) in [4.78, 5) is 3.97. The Bertz CT molecular complexity index is 1150. The van der Waals surface area contributed by atoms with Crippen LogP contribution in [0.2, 0.25) is 0 Å². The van der Waals surface area contributed by atoms with Gasteiger partial charge in [0, 0.05) is 0 Å². The molecule has 0 bridgehead atoms. The van der Waals surface area contributed by atoms with E-state index in [0.29, 0.717) is 16.6 Å². The molecule has 4 rings (SSSR count). The van der Waals surface area contributed by atoms with E-state index in [1.807, 2.05) is 0 Å². The fourth-order valence-electron chi connectivity index (χ4n) is 2.95. The standard InChI is InChI=1S/C16H14F3N7O/c1-7(14(18)19)26-11-5-8(3-4-10(11)22-24-26)12-9(17)6-25-13(12)15(27-2)21-16(20)23-25/h3-7,14H,1-2H3,(H2,20,23)/t7-/m0/s1. The zero-order chi connectivity index (χ0) is 19.3. The van der Waals surface area contributed by atoms with Gasteiger partial charge >= 0.3 is 0 Å². The van der Waals surface area contributed by atoms with Gasteiger partial charge in [-0.05, 0) is 24.6 Å². The van der Waals surface area contributed by atoms with Gasteiger partial charge in [-0.2, -0.15) is 4.98 Å². The number of nitrogens with two attached hydrogens (primary N) is 1. The van der Waals surface area contributed by atoms with Gasteiger partial charge in [0.25, 0.3) is 6.43 Å². The van der Waals surface area contributed by atoms with Crippen LogP contribution >= 0.6 is 0 Å². The third-order valence-electron chi connectivity index (χ3n) is 4.27. The van der Waals surface area contributed by atoms with Gasteiger partial charge in [0.1, 0.15) is 17.1 Å². The summed E-state index contributed by atoms with van der Waals surface area (Å²) in [5, 5.41) is 11.6. The fourth-order valence-corrected chi connectivity index (χ4v) is 2.95. The second-order valence-electron chi connectivity index (χ2n) is 5.94. The molecular formula is C16H14F3N7O. The molecule has 1 aromatic carbocycles. The monoisotopic (exact) mass is 377 g/mol. The molecule has 1 atom stereocenters. The highest BCUT2D eigenvalue weighted by Gasteiger charge is 2.23. The number of benzene rings is 1. The number of alkyl halides is 2. The molecule has 0 spiro atoms. The number of nitrogens with zero attached hydrogens (tertiary/aromatic N) is 6. The smallest absolute Gasteiger partial charge is 0.260 e. The summed E-state index contributed by atoms with van der Waals surface area (Å²) in [6, 6.07) is 3.56. The minimum atomic E-state index is -2.62. The first-order valence-electron chi connectivity index (χ1n) is 7.92. The lowest BCUT2D eigenvalue weighted by molar-refractivity contribution is 0.0866. The van der Waals surface area contributed by atoms with Gasteiger partial charge in [0.05, 0.1) is 24.4 Å². The van der Waals surface area contributed by atoms with E-state index >= 15 is 0 Å². The van der Waals surface area contributed by atoms with Crippen molar-refractivity contribution >= 4 is 22.5 Å². The predicted molar refractivity (Wildman–Crippen MR) is 91.1 cm³/mol. The molecule has 0 fully saturated rings. The molecule has 0 aliphatic carbocycles. The minimum Gasteiger partial charge on any atom is -0.479 e. The molecule has 0 aliphatic rings. The summed E-state index contributed by atoms with van der Waals surface area (Å²) in [7, 11) is 1.38. The number of nitrogen functional groups attached to an aromatic ring is 1. The van der Waals surface area contributed by atoms with Crippen molar-refractivity contribution in [1.29, 1.82) is 0 Å². The SMILES string of the molecule is COc1nc(N)nn2cc(F)c(-c3ccc4nnn([C@@H](C)C(F)F)c4c3)c12. The zero-order valence-corrected chi connectivity index (χ0v) is 14.3.